The third kappa shape index (κ3) is 5.51. The van der Waals surface area contributed by atoms with E-state index in [2.05, 4.69) is 4.98 Å². The zero-order chi connectivity index (χ0) is 22.2. The summed E-state index contributed by atoms with van der Waals surface area (Å²) in [4.78, 5) is 24.1. The number of hydrogen-bond acceptors (Lipinski definition) is 7. The second kappa shape index (κ2) is 11.1. The summed E-state index contributed by atoms with van der Waals surface area (Å²) in [5.74, 6) is 1.99. The van der Waals surface area contributed by atoms with Gasteiger partial charge in [0.05, 0.1) is 45.3 Å². The molecule has 168 valence electrons. The Hall–Kier alpha value is -2.71. The fourth-order valence-corrected chi connectivity index (χ4v) is 3.88. The minimum absolute atomic E-state index is 0.0452. The molecule has 3 rings (SSSR count). The summed E-state index contributed by atoms with van der Waals surface area (Å²) in [6, 6.07) is 5.37. The molecule has 31 heavy (non-hydrogen) atoms. The van der Waals surface area contributed by atoms with Gasteiger partial charge >= 0.3 is 0 Å². The van der Waals surface area contributed by atoms with Gasteiger partial charge in [-0.05, 0) is 31.9 Å². The molecule has 1 aliphatic heterocycles. The van der Waals surface area contributed by atoms with Crippen molar-refractivity contribution in [2.45, 2.75) is 32.3 Å². The van der Waals surface area contributed by atoms with Gasteiger partial charge in [0.15, 0.2) is 11.5 Å². The Morgan fingerprint density at radius 2 is 1.90 bits per heavy atom. The highest BCUT2D eigenvalue weighted by molar-refractivity contribution is 5.97. The molecular formula is C23H31N3O5. The van der Waals surface area contributed by atoms with E-state index in [1.165, 1.54) is 0 Å². The predicted octanol–water partition coefficient (Wildman–Crippen LogP) is 2.99. The van der Waals surface area contributed by atoms with Gasteiger partial charge in [-0.15, -0.1) is 0 Å². The van der Waals surface area contributed by atoms with Crippen LogP contribution in [0.1, 0.15) is 46.2 Å². The van der Waals surface area contributed by atoms with Gasteiger partial charge in [0.1, 0.15) is 5.82 Å². The van der Waals surface area contributed by atoms with E-state index < -0.39 is 0 Å². The molecule has 8 heteroatoms. The van der Waals surface area contributed by atoms with E-state index in [1.807, 2.05) is 18.0 Å². The van der Waals surface area contributed by atoms with Gasteiger partial charge in [-0.2, -0.15) is 0 Å². The minimum atomic E-state index is -0.0452. The maximum atomic E-state index is 13.1. The normalized spacial score (nSPS) is 14.5. The molecule has 0 atom stereocenters. The van der Waals surface area contributed by atoms with Crippen molar-refractivity contribution in [3.05, 3.63) is 47.0 Å². The molecule has 8 nitrogen and oxygen atoms in total. The van der Waals surface area contributed by atoms with Gasteiger partial charge in [-0.3, -0.25) is 4.79 Å². The first-order valence-corrected chi connectivity index (χ1v) is 10.5. The average molecular weight is 430 g/mol. The summed E-state index contributed by atoms with van der Waals surface area (Å²) in [5, 5.41) is 0. The van der Waals surface area contributed by atoms with Crippen LogP contribution in [0.15, 0.2) is 24.4 Å². The van der Waals surface area contributed by atoms with Crippen molar-refractivity contribution in [2.24, 2.45) is 0 Å². The molecule has 0 saturated carbocycles. The molecule has 0 spiro atoms. The van der Waals surface area contributed by atoms with Crippen molar-refractivity contribution >= 4 is 5.91 Å². The SMILES string of the molecule is COCCOCc1cnc(C)nc1C1CCN(C(=O)c2cccc(OC)c2OC)CC1. The molecule has 0 bridgehead atoms. The molecule has 1 fully saturated rings. The lowest BCUT2D eigenvalue weighted by molar-refractivity contribution is 0.0604. The number of nitrogens with zero attached hydrogens (tertiary/aromatic N) is 3. The molecule has 2 aromatic rings. The average Bonchev–Trinajstić information content (AvgIpc) is 2.81. The van der Waals surface area contributed by atoms with Crippen molar-refractivity contribution in [2.75, 3.05) is 47.6 Å². The van der Waals surface area contributed by atoms with Crippen molar-refractivity contribution in [1.82, 2.24) is 14.9 Å². The zero-order valence-corrected chi connectivity index (χ0v) is 18.7. The van der Waals surface area contributed by atoms with Crippen LogP contribution >= 0.6 is 0 Å². The van der Waals surface area contributed by atoms with E-state index in [4.69, 9.17) is 23.9 Å². The molecule has 1 aromatic heterocycles. The smallest absolute Gasteiger partial charge is 0.257 e. The number of aromatic nitrogens is 2. The highest BCUT2D eigenvalue weighted by Gasteiger charge is 2.29. The fourth-order valence-electron chi connectivity index (χ4n) is 3.88. The van der Waals surface area contributed by atoms with E-state index >= 15 is 0 Å². The number of aryl methyl sites for hydroxylation is 1. The van der Waals surface area contributed by atoms with Gasteiger partial charge in [-0.25, -0.2) is 9.97 Å². The number of carbonyl (C=O) groups excluding carboxylic acids is 1. The summed E-state index contributed by atoms with van der Waals surface area (Å²) >= 11 is 0. The van der Waals surface area contributed by atoms with Crippen LogP contribution in [0.5, 0.6) is 11.5 Å². The van der Waals surface area contributed by atoms with E-state index in [-0.39, 0.29) is 11.8 Å². The first-order valence-electron chi connectivity index (χ1n) is 10.5. The van der Waals surface area contributed by atoms with Gasteiger partial charge in [0, 0.05) is 37.9 Å². The number of hydrogen-bond donors (Lipinski definition) is 0. The lowest BCUT2D eigenvalue weighted by Gasteiger charge is -2.33. The minimum Gasteiger partial charge on any atom is -0.493 e. The second-order valence-electron chi connectivity index (χ2n) is 7.48. The topological polar surface area (TPSA) is 83.0 Å². The van der Waals surface area contributed by atoms with Crippen molar-refractivity contribution in [3.63, 3.8) is 0 Å². The number of methoxy groups -OCH3 is 3. The van der Waals surface area contributed by atoms with Gasteiger partial charge in [0.25, 0.3) is 5.91 Å². The third-order valence-corrected chi connectivity index (χ3v) is 5.51. The van der Waals surface area contributed by atoms with E-state index in [1.54, 1.807) is 39.5 Å². The monoisotopic (exact) mass is 429 g/mol. The lowest BCUT2D eigenvalue weighted by Crippen LogP contribution is -2.38. The summed E-state index contributed by atoms with van der Waals surface area (Å²) in [7, 11) is 4.77. The number of ether oxygens (including phenoxy) is 4. The second-order valence-corrected chi connectivity index (χ2v) is 7.48. The molecule has 2 heterocycles. The van der Waals surface area contributed by atoms with Crippen molar-refractivity contribution < 1.29 is 23.7 Å². The van der Waals surface area contributed by atoms with E-state index in [0.717, 1.165) is 29.9 Å². The van der Waals surface area contributed by atoms with Crippen LogP contribution < -0.4 is 9.47 Å². The summed E-state index contributed by atoms with van der Waals surface area (Å²) in [6.45, 7) is 4.73. The van der Waals surface area contributed by atoms with Crippen molar-refractivity contribution in [1.29, 1.82) is 0 Å². The van der Waals surface area contributed by atoms with Gasteiger partial charge in [0.2, 0.25) is 0 Å². The number of para-hydroxylation sites is 1. The number of amides is 1. The first-order chi connectivity index (χ1) is 15.1. The lowest BCUT2D eigenvalue weighted by atomic mass is 9.90. The van der Waals surface area contributed by atoms with Crippen LogP contribution in [0.25, 0.3) is 0 Å². The highest BCUT2D eigenvalue weighted by atomic mass is 16.5. The summed E-state index contributed by atoms with van der Waals surface area (Å²) in [6.07, 6.45) is 3.52. The van der Waals surface area contributed by atoms with Crippen LogP contribution in [-0.4, -0.2) is 68.4 Å². The Morgan fingerprint density at radius 1 is 1.13 bits per heavy atom. The molecule has 1 aromatic carbocycles. The molecule has 1 aliphatic rings. The molecule has 0 N–H and O–H groups in total. The largest absolute Gasteiger partial charge is 0.493 e. The number of likely N-dealkylation sites (tertiary alicyclic amines) is 1. The van der Waals surface area contributed by atoms with Crippen LogP contribution in [0.3, 0.4) is 0 Å². The number of rotatable bonds is 9. The van der Waals surface area contributed by atoms with Crippen molar-refractivity contribution in [3.8, 4) is 11.5 Å². The number of piperidine rings is 1. The standard InChI is InChI=1S/C23H31N3O5/c1-16-24-14-18(15-31-13-12-28-2)21(25-16)17-8-10-26(11-9-17)23(27)19-6-5-7-20(29-3)22(19)30-4/h5-7,14,17H,8-13,15H2,1-4H3. The molecule has 0 unspecified atom stereocenters. The van der Waals surface area contributed by atoms with E-state index in [0.29, 0.717) is 50.0 Å². The zero-order valence-electron chi connectivity index (χ0n) is 18.7. The third-order valence-electron chi connectivity index (χ3n) is 5.51. The molecule has 1 saturated heterocycles. The molecule has 0 radical (unpaired) electrons. The van der Waals surface area contributed by atoms with Crippen LogP contribution in [0.2, 0.25) is 0 Å². The highest BCUT2D eigenvalue weighted by Crippen LogP contribution is 2.34. The Bertz CT molecular complexity index is 882. The Balaban J connectivity index is 1.69. The van der Waals surface area contributed by atoms with Gasteiger partial charge in [-0.1, -0.05) is 6.07 Å². The maximum absolute atomic E-state index is 13.1. The number of carbonyl (C=O) groups is 1. The molecular weight excluding hydrogens is 398 g/mol. The predicted molar refractivity (Wildman–Crippen MR) is 116 cm³/mol. The number of benzene rings is 1. The first kappa shape index (κ1) is 23.0. The Morgan fingerprint density at radius 3 is 2.58 bits per heavy atom. The summed E-state index contributed by atoms with van der Waals surface area (Å²) in [5.41, 5.74) is 2.54. The fraction of sp³-hybridized carbons (Fsp3) is 0.522. The molecule has 1 amide bonds. The van der Waals surface area contributed by atoms with E-state index in [9.17, 15) is 4.79 Å². The van der Waals surface area contributed by atoms with Gasteiger partial charge < -0.3 is 23.8 Å². The van der Waals surface area contributed by atoms with Crippen LogP contribution in [0.4, 0.5) is 0 Å². The van der Waals surface area contributed by atoms with Crippen LogP contribution in [-0.2, 0) is 16.1 Å². The Labute approximate surface area is 183 Å². The Kier molecular flexibility index (Phi) is 8.20. The quantitative estimate of drug-likeness (QED) is 0.567. The van der Waals surface area contributed by atoms with Crippen LogP contribution in [0, 0.1) is 6.92 Å². The molecule has 0 aliphatic carbocycles. The summed E-state index contributed by atoms with van der Waals surface area (Å²) < 4.78 is 21.5. The maximum Gasteiger partial charge on any atom is 0.257 e.